The molecule has 0 heterocycles. The van der Waals surface area contributed by atoms with Crippen molar-refractivity contribution in [1.29, 1.82) is 0 Å². The lowest BCUT2D eigenvalue weighted by Gasteiger charge is -2.08. The quantitative estimate of drug-likeness (QED) is 0.428. The lowest BCUT2D eigenvalue weighted by molar-refractivity contribution is -0.385. The van der Waals surface area contributed by atoms with E-state index in [0.29, 0.717) is 31.8 Å². The van der Waals surface area contributed by atoms with Crippen LogP contribution in [0.5, 0.6) is 0 Å². The van der Waals surface area contributed by atoms with Gasteiger partial charge in [0.1, 0.15) is 5.56 Å². The molecule has 0 bridgehead atoms. The average Bonchev–Trinajstić information content (AvgIpc) is 2.41. The number of ether oxygens (including phenoxy) is 1. The van der Waals surface area contributed by atoms with E-state index in [9.17, 15) is 14.9 Å². The summed E-state index contributed by atoms with van der Waals surface area (Å²) in [6.45, 7) is 3.87. The van der Waals surface area contributed by atoms with Crippen LogP contribution in [0.2, 0.25) is 0 Å². The molecule has 1 amide bonds. The van der Waals surface area contributed by atoms with E-state index in [0.717, 1.165) is 0 Å². The van der Waals surface area contributed by atoms with Gasteiger partial charge in [-0.1, -0.05) is 12.1 Å². The van der Waals surface area contributed by atoms with Crippen molar-refractivity contribution in [3.05, 3.63) is 39.4 Å². The number of hydrogen-bond donors (Lipinski definition) is 2. The van der Waals surface area contributed by atoms with Crippen molar-refractivity contribution in [3.63, 3.8) is 0 Å². The maximum absolute atomic E-state index is 11.9. The van der Waals surface area contributed by atoms with Crippen molar-refractivity contribution < 1.29 is 14.5 Å². The number of nitro benzene ring substituents is 1. The molecule has 0 aromatic heterocycles. The topological polar surface area (TPSA) is 93.5 Å². The first-order chi connectivity index (χ1) is 9.57. The third kappa shape index (κ3) is 6.07. The zero-order valence-corrected chi connectivity index (χ0v) is 12.9. The molecular weight excluding hydrogens is 298 g/mol. The van der Waals surface area contributed by atoms with Crippen molar-refractivity contribution in [2.75, 3.05) is 33.4 Å². The predicted molar refractivity (Wildman–Crippen MR) is 82.2 cm³/mol. The van der Waals surface area contributed by atoms with Crippen LogP contribution in [0.15, 0.2) is 18.2 Å². The summed E-state index contributed by atoms with van der Waals surface area (Å²) in [4.78, 5) is 22.4. The Morgan fingerprint density at radius 2 is 2.05 bits per heavy atom. The van der Waals surface area contributed by atoms with Crippen LogP contribution in [0.25, 0.3) is 0 Å². The fourth-order valence-electron chi connectivity index (χ4n) is 1.74. The van der Waals surface area contributed by atoms with E-state index in [-0.39, 0.29) is 23.7 Å². The number of halogens is 1. The Morgan fingerprint density at radius 3 is 2.67 bits per heavy atom. The van der Waals surface area contributed by atoms with Crippen LogP contribution in [-0.4, -0.2) is 44.2 Å². The predicted octanol–water partition coefficient (Wildman–Crippen LogP) is 1.29. The molecule has 0 spiro atoms. The van der Waals surface area contributed by atoms with E-state index in [2.05, 4.69) is 10.6 Å². The molecule has 0 aliphatic carbocycles. The van der Waals surface area contributed by atoms with Gasteiger partial charge < -0.3 is 15.4 Å². The fourth-order valence-corrected chi connectivity index (χ4v) is 1.74. The number of benzene rings is 1. The van der Waals surface area contributed by atoms with E-state index >= 15 is 0 Å². The number of rotatable bonds is 8. The highest BCUT2D eigenvalue weighted by molar-refractivity contribution is 5.98. The molecule has 2 N–H and O–H groups in total. The lowest BCUT2D eigenvalue weighted by Crippen LogP contribution is -2.33. The molecule has 0 aliphatic rings. The molecule has 0 saturated heterocycles. The van der Waals surface area contributed by atoms with Gasteiger partial charge in [0.05, 0.1) is 11.5 Å². The highest BCUT2D eigenvalue weighted by atomic mass is 35.5. The monoisotopic (exact) mass is 317 g/mol. The first-order valence-electron chi connectivity index (χ1n) is 6.29. The summed E-state index contributed by atoms with van der Waals surface area (Å²) in [5.74, 6) is -0.436. The zero-order chi connectivity index (χ0) is 15.0. The van der Waals surface area contributed by atoms with Gasteiger partial charge in [0.25, 0.3) is 11.6 Å². The Kier molecular flexibility index (Phi) is 9.27. The summed E-state index contributed by atoms with van der Waals surface area (Å²) in [6, 6.07) is 4.70. The highest BCUT2D eigenvalue weighted by Crippen LogP contribution is 2.22. The molecule has 0 fully saturated rings. The van der Waals surface area contributed by atoms with Crippen LogP contribution in [0, 0.1) is 17.0 Å². The molecule has 21 heavy (non-hydrogen) atoms. The van der Waals surface area contributed by atoms with Crippen molar-refractivity contribution in [3.8, 4) is 0 Å². The minimum absolute atomic E-state index is 0. The smallest absolute Gasteiger partial charge is 0.285 e. The SMILES string of the molecule is COCCNCCNC(=O)c1cccc(C)c1[N+](=O)[O-].Cl. The minimum atomic E-state index is -0.527. The van der Waals surface area contributed by atoms with Crippen molar-refractivity contribution in [1.82, 2.24) is 10.6 Å². The van der Waals surface area contributed by atoms with Crippen molar-refractivity contribution in [2.24, 2.45) is 0 Å². The molecule has 0 atom stereocenters. The number of para-hydroxylation sites is 1. The van der Waals surface area contributed by atoms with E-state index in [1.807, 2.05) is 0 Å². The van der Waals surface area contributed by atoms with Crippen LogP contribution in [0.1, 0.15) is 15.9 Å². The molecule has 118 valence electrons. The Balaban J connectivity index is 0.00000400. The second-order valence-electron chi connectivity index (χ2n) is 4.23. The molecule has 0 unspecified atom stereocenters. The van der Waals surface area contributed by atoms with Gasteiger partial charge >= 0.3 is 0 Å². The third-order valence-corrected chi connectivity index (χ3v) is 2.74. The van der Waals surface area contributed by atoms with Gasteiger partial charge in [0, 0.05) is 32.3 Å². The Bertz CT molecular complexity index is 482. The molecule has 8 heteroatoms. The van der Waals surface area contributed by atoms with Gasteiger partial charge in [-0.3, -0.25) is 14.9 Å². The molecule has 7 nitrogen and oxygen atoms in total. The van der Waals surface area contributed by atoms with Gasteiger partial charge in [-0.05, 0) is 13.0 Å². The van der Waals surface area contributed by atoms with Crippen molar-refractivity contribution >= 4 is 24.0 Å². The van der Waals surface area contributed by atoms with Crippen LogP contribution in [-0.2, 0) is 4.74 Å². The number of aryl methyl sites for hydroxylation is 1. The van der Waals surface area contributed by atoms with E-state index in [1.165, 1.54) is 6.07 Å². The summed E-state index contributed by atoms with van der Waals surface area (Å²) in [7, 11) is 1.61. The zero-order valence-electron chi connectivity index (χ0n) is 12.0. The molecule has 0 radical (unpaired) electrons. The Hall–Kier alpha value is -1.70. The van der Waals surface area contributed by atoms with Gasteiger partial charge in [0.15, 0.2) is 0 Å². The highest BCUT2D eigenvalue weighted by Gasteiger charge is 2.21. The normalized spacial score (nSPS) is 9.81. The number of carbonyl (C=O) groups is 1. The Labute approximate surface area is 129 Å². The second kappa shape index (κ2) is 10.1. The van der Waals surface area contributed by atoms with E-state index in [4.69, 9.17) is 4.74 Å². The summed E-state index contributed by atoms with van der Waals surface area (Å²) in [5, 5.41) is 16.7. The first kappa shape index (κ1) is 19.3. The number of amides is 1. The van der Waals surface area contributed by atoms with Crippen LogP contribution in [0.4, 0.5) is 5.69 Å². The number of methoxy groups -OCH3 is 1. The third-order valence-electron chi connectivity index (χ3n) is 2.74. The summed E-state index contributed by atoms with van der Waals surface area (Å²) in [5.41, 5.74) is 0.421. The maximum atomic E-state index is 11.9. The summed E-state index contributed by atoms with van der Waals surface area (Å²) >= 11 is 0. The van der Waals surface area contributed by atoms with Crippen LogP contribution >= 0.6 is 12.4 Å². The summed E-state index contributed by atoms with van der Waals surface area (Å²) in [6.07, 6.45) is 0. The first-order valence-corrected chi connectivity index (χ1v) is 6.29. The van der Waals surface area contributed by atoms with Crippen LogP contribution in [0.3, 0.4) is 0 Å². The fraction of sp³-hybridized carbons (Fsp3) is 0.462. The van der Waals surface area contributed by atoms with E-state index < -0.39 is 10.8 Å². The number of nitrogens with one attached hydrogen (secondary N) is 2. The van der Waals surface area contributed by atoms with Gasteiger partial charge in [-0.15, -0.1) is 12.4 Å². The average molecular weight is 318 g/mol. The maximum Gasteiger partial charge on any atom is 0.285 e. The van der Waals surface area contributed by atoms with Crippen molar-refractivity contribution in [2.45, 2.75) is 6.92 Å². The largest absolute Gasteiger partial charge is 0.383 e. The standard InChI is InChI=1S/C13H19N3O4.ClH/c1-10-4-3-5-11(12(10)16(18)19)13(17)15-7-6-14-8-9-20-2;/h3-5,14H,6-9H2,1-2H3,(H,15,17);1H. The van der Waals surface area contributed by atoms with Crippen LogP contribution < -0.4 is 10.6 Å². The minimum Gasteiger partial charge on any atom is -0.383 e. The summed E-state index contributed by atoms with van der Waals surface area (Å²) < 4.78 is 4.87. The van der Waals surface area contributed by atoms with Gasteiger partial charge in [-0.2, -0.15) is 0 Å². The molecule has 1 aromatic rings. The molecule has 0 aliphatic heterocycles. The second-order valence-corrected chi connectivity index (χ2v) is 4.23. The number of carbonyl (C=O) groups excluding carboxylic acids is 1. The molecule has 0 saturated carbocycles. The van der Waals surface area contributed by atoms with E-state index in [1.54, 1.807) is 26.2 Å². The lowest BCUT2D eigenvalue weighted by atomic mass is 10.1. The molecular formula is C13H20ClN3O4. The van der Waals surface area contributed by atoms with Gasteiger partial charge in [-0.25, -0.2) is 0 Å². The number of hydrogen-bond acceptors (Lipinski definition) is 5. The number of nitro groups is 1. The Morgan fingerprint density at radius 1 is 1.33 bits per heavy atom. The molecule has 1 aromatic carbocycles. The van der Waals surface area contributed by atoms with Gasteiger partial charge in [0.2, 0.25) is 0 Å². The molecule has 1 rings (SSSR count). The number of nitrogens with zero attached hydrogens (tertiary/aromatic N) is 1.